The molecule has 0 saturated carbocycles. The van der Waals surface area contributed by atoms with E-state index in [0.29, 0.717) is 28.4 Å². The third kappa shape index (κ3) is 8.70. The zero-order valence-electron chi connectivity index (χ0n) is 27.2. The molecule has 0 bridgehead atoms. The first kappa shape index (κ1) is 38.5. The van der Waals surface area contributed by atoms with E-state index in [0.717, 1.165) is 12.2 Å². The largest absolute Gasteiger partial charge is 0.508 e. The minimum atomic E-state index is -2.47. The van der Waals surface area contributed by atoms with Gasteiger partial charge in [0.05, 0.1) is 27.9 Å². The van der Waals surface area contributed by atoms with Crippen molar-refractivity contribution in [2.24, 2.45) is 0 Å². The molecule has 0 spiro atoms. The van der Waals surface area contributed by atoms with Gasteiger partial charge in [-0.1, -0.05) is 12.1 Å². The minimum absolute atomic E-state index is 0.0341. The summed E-state index contributed by atoms with van der Waals surface area (Å²) in [6.07, 6.45) is -9.36. The summed E-state index contributed by atoms with van der Waals surface area (Å²) in [5.74, 6) is -3.44. The van der Waals surface area contributed by atoms with Gasteiger partial charge in [-0.25, -0.2) is 9.59 Å². The molecule has 2 fully saturated rings. The smallest absolute Gasteiger partial charge is 0.331 e. The molecule has 0 aliphatic carbocycles. The van der Waals surface area contributed by atoms with Crippen molar-refractivity contribution < 1.29 is 83.2 Å². The van der Waals surface area contributed by atoms with E-state index in [2.05, 4.69) is 0 Å². The average molecular weight is 709 g/mol. The number of carbonyl (C=O) groups is 2. The molecular formula is C33H40O17. The van der Waals surface area contributed by atoms with E-state index in [1.165, 1.54) is 45.6 Å². The molecule has 17 nitrogen and oxygen atoms in total. The molecule has 2 saturated heterocycles. The maximum atomic E-state index is 13.0. The Kier molecular flexibility index (Phi) is 13.2. The summed E-state index contributed by atoms with van der Waals surface area (Å²) in [5.41, 5.74) is 0.994. The van der Waals surface area contributed by atoms with Gasteiger partial charge in [-0.05, 0) is 47.5 Å². The Labute approximate surface area is 286 Å². The first-order valence-electron chi connectivity index (χ1n) is 15.2. The van der Waals surface area contributed by atoms with Crippen molar-refractivity contribution in [3.8, 4) is 23.0 Å². The predicted octanol–water partition coefficient (Wildman–Crippen LogP) is -1.14. The molecule has 2 aromatic carbocycles. The van der Waals surface area contributed by atoms with Crippen LogP contribution in [-0.4, -0.2) is 144 Å². The number of hydrogen-bond acceptors (Lipinski definition) is 17. The van der Waals surface area contributed by atoms with Crippen molar-refractivity contribution in [2.75, 3.05) is 41.2 Å². The molecule has 274 valence electrons. The van der Waals surface area contributed by atoms with Gasteiger partial charge < -0.3 is 73.6 Å². The number of methoxy groups -OCH3 is 3. The Balaban J connectivity index is 1.48. The summed E-state index contributed by atoms with van der Waals surface area (Å²) < 4.78 is 43.3. The number of phenols is 1. The molecule has 2 heterocycles. The normalized spacial score (nSPS) is 29.6. The quantitative estimate of drug-likeness (QED) is 0.0905. The van der Waals surface area contributed by atoms with E-state index in [1.807, 2.05) is 0 Å². The van der Waals surface area contributed by atoms with Gasteiger partial charge in [0.1, 0.15) is 55.6 Å². The monoisotopic (exact) mass is 708 g/mol. The number of ether oxygens (including phenoxy) is 8. The molecule has 0 unspecified atom stereocenters. The van der Waals surface area contributed by atoms with Crippen molar-refractivity contribution in [3.63, 3.8) is 0 Å². The summed E-state index contributed by atoms with van der Waals surface area (Å²) in [5, 5.41) is 72.3. The molecule has 2 aliphatic rings. The first-order valence-corrected chi connectivity index (χ1v) is 15.2. The van der Waals surface area contributed by atoms with E-state index in [9.17, 15) is 45.3 Å². The summed E-state index contributed by atoms with van der Waals surface area (Å²) in [7, 11) is 4.24. The highest BCUT2D eigenvalue weighted by Crippen LogP contribution is 2.40. The number of aromatic hydroxyl groups is 1. The Hall–Kier alpha value is -4.30. The second-order valence-electron chi connectivity index (χ2n) is 11.1. The summed E-state index contributed by atoms with van der Waals surface area (Å²) in [6, 6.07) is 9.01. The standard InChI is InChI=1S/C33H40O17/c1-43-20-12-18(13-21(44-2)30(20)45-3)7-11-25(38)48-31-27(40)22(14-34)49-33(31,16-35)50-32-29(42)28(41)26(39)23(47-32)15-46-24(37)10-6-17-4-8-19(36)9-5-17/h4-13,22-23,26-29,31-32,34-36,39-42H,14-16H2,1-3H3/b10-6+,11-7+/t22-,23+,26+,27-,28+,29+,31-,32+,33-/m0/s1. The minimum Gasteiger partial charge on any atom is -0.508 e. The van der Waals surface area contributed by atoms with Crippen LogP contribution in [0.5, 0.6) is 23.0 Å². The van der Waals surface area contributed by atoms with E-state index >= 15 is 0 Å². The van der Waals surface area contributed by atoms with E-state index < -0.39 is 86.6 Å². The van der Waals surface area contributed by atoms with Crippen molar-refractivity contribution in [1.82, 2.24) is 0 Å². The fraction of sp³-hybridized carbons (Fsp3) is 0.455. The van der Waals surface area contributed by atoms with Crippen LogP contribution in [0.2, 0.25) is 0 Å². The Morgan fingerprint density at radius 1 is 0.800 bits per heavy atom. The van der Waals surface area contributed by atoms with Crippen molar-refractivity contribution in [1.29, 1.82) is 0 Å². The van der Waals surface area contributed by atoms with E-state index in [1.54, 1.807) is 24.3 Å². The van der Waals surface area contributed by atoms with Crippen molar-refractivity contribution in [3.05, 3.63) is 59.7 Å². The number of aliphatic hydroxyl groups is 6. The van der Waals surface area contributed by atoms with Crippen molar-refractivity contribution in [2.45, 2.75) is 54.8 Å². The Bertz CT molecular complexity index is 1490. The van der Waals surface area contributed by atoms with Crippen LogP contribution >= 0.6 is 0 Å². The third-order valence-corrected chi connectivity index (χ3v) is 7.90. The van der Waals surface area contributed by atoms with E-state index in [-0.39, 0.29) is 5.75 Å². The average Bonchev–Trinajstić information content (AvgIpc) is 3.39. The molecule has 7 N–H and O–H groups in total. The number of esters is 2. The topological polar surface area (TPSA) is 250 Å². The second-order valence-corrected chi connectivity index (χ2v) is 11.1. The van der Waals surface area contributed by atoms with Crippen LogP contribution in [0.25, 0.3) is 12.2 Å². The molecule has 4 rings (SSSR count). The fourth-order valence-electron chi connectivity index (χ4n) is 5.25. The van der Waals surface area contributed by atoms with Gasteiger partial charge in [0.25, 0.3) is 0 Å². The van der Waals surface area contributed by atoms with Gasteiger partial charge in [0.2, 0.25) is 11.5 Å². The van der Waals surface area contributed by atoms with Gasteiger partial charge in [-0.3, -0.25) is 0 Å². The fourth-order valence-corrected chi connectivity index (χ4v) is 5.25. The van der Waals surface area contributed by atoms with Crippen LogP contribution in [-0.2, 0) is 33.3 Å². The van der Waals surface area contributed by atoms with Gasteiger partial charge in [-0.2, -0.15) is 0 Å². The van der Waals surface area contributed by atoms with Crippen LogP contribution in [0.4, 0.5) is 0 Å². The van der Waals surface area contributed by atoms with Gasteiger partial charge in [-0.15, -0.1) is 0 Å². The zero-order valence-corrected chi connectivity index (χ0v) is 27.2. The van der Waals surface area contributed by atoms with Crippen LogP contribution in [0.3, 0.4) is 0 Å². The molecule has 2 aliphatic heterocycles. The van der Waals surface area contributed by atoms with Gasteiger partial charge >= 0.3 is 11.9 Å². The second kappa shape index (κ2) is 17.1. The number of benzene rings is 2. The SMILES string of the molecule is COc1cc(/C=C/C(=O)O[C@H]2[C@@H](O)[C@H](CO)O[C@@]2(CO)O[C@H]2O[C@H](COC(=O)/C=C/c3ccc(O)cc3)[C@@H](O)[C@@H](O)[C@H]2O)cc(OC)c1OC. The lowest BCUT2D eigenvalue weighted by molar-refractivity contribution is -0.383. The number of rotatable bonds is 14. The highest BCUT2D eigenvalue weighted by Gasteiger charge is 2.60. The van der Waals surface area contributed by atoms with Crippen molar-refractivity contribution >= 4 is 24.1 Å². The Morgan fingerprint density at radius 3 is 2.00 bits per heavy atom. The third-order valence-electron chi connectivity index (χ3n) is 7.90. The molecule has 9 atom stereocenters. The molecule has 2 aromatic rings. The molecule has 50 heavy (non-hydrogen) atoms. The summed E-state index contributed by atoms with van der Waals surface area (Å²) in [4.78, 5) is 25.3. The number of hydrogen-bond donors (Lipinski definition) is 7. The van der Waals surface area contributed by atoms with Crippen LogP contribution in [0, 0.1) is 0 Å². The lowest BCUT2D eigenvalue weighted by atomic mass is 9.99. The molecular weight excluding hydrogens is 668 g/mol. The summed E-state index contributed by atoms with van der Waals surface area (Å²) in [6.45, 7) is -2.57. The molecule has 0 aromatic heterocycles. The van der Waals surface area contributed by atoms with Gasteiger partial charge in [0, 0.05) is 12.2 Å². The molecule has 0 amide bonds. The lowest BCUT2D eigenvalue weighted by Gasteiger charge is -2.43. The van der Waals surface area contributed by atoms with E-state index in [4.69, 9.17) is 37.9 Å². The predicted molar refractivity (Wildman–Crippen MR) is 169 cm³/mol. The zero-order chi connectivity index (χ0) is 36.6. The summed E-state index contributed by atoms with van der Waals surface area (Å²) >= 11 is 0. The first-order chi connectivity index (χ1) is 23.9. The maximum Gasteiger partial charge on any atom is 0.331 e. The highest BCUT2D eigenvalue weighted by atomic mass is 16.8. The van der Waals surface area contributed by atoms with Gasteiger partial charge in [0.15, 0.2) is 23.9 Å². The van der Waals surface area contributed by atoms with Crippen LogP contribution < -0.4 is 14.2 Å². The molecule has 0 radical (unpaired) electrons. The Morgan fingerprint density at radius 2 is 1.42 bits per heavy atom. The number of aliphatic hydroxyl groups excluding tert-OH is 6. The molecule has 17 heteroatoms. The van der Waals surface area contributed by atoms with Crippen LogP contribution in [0.15, 0.2) is 48.6 Å². The maximum absolute atomic E-state index is 13.0. The highest BCUT2D eigenvalue weighted by molar-refractivity contribution is 5.88. The number of phenolic OH excluding ortho intramolecular Hbond substituents is 1. The van der Waals surface area contributed by atoms with Crippen LogP contribution in [0.1, 0.15) is 11.1 Å². The number of carbonyl (C=O) groups excluding carboxylic acids is 2. The lowest BCUT2D eigenvalue weighted by Crippen LogP contribution is -2.63.